The first kappa shape index (κ1) is 15.6. The molecule has 2 heterocycles. The molecule has 5 nitrogen and oxygen atoms in total. The lowest BCUT2D eigenvalue weighted by atomic mass is 10.1. The number of carbonyl (C=O) groups is 2. The number of amides is 2. The summed E-state index contributed by atoms with van der Waals surface area (Å²) < 4.78 is 5.51. The van der Waals surface area contributed by atoms with Crippen molar-refractivity contribution in [2.24, 2.45) is 11.8 Å². The second-order valence-electron chi connectivity index (χ2n) is 6.27. The number of rotatable bonds is 5. The molecule has 0 aliphatic carbocycles. The van der Waals surface area contributed by atoms with Gasteiger partial charge >= 0.3 is 0 Å². The summed E-state index contributed by atoms with van der Waals surface area (Å²) in [5.41, 5.74) is 0. The van der Waals surface area contributed by atoms with E-state index >= 15 is 0 Å². The van der Waals surface area contributed by atoms with E-state index in [1.54, 1.807) is 4.90 Å². The summed E-state index contributed by atoms with van der Waals surface area (Å²) >= 11 is 0. The second-order valence-corrected chi connectivity index (χ2v) is 6.27. The van der Waals surface area contributed by atoms with Crippen LogP contribution in [0.4, 0.5) is 0 Å². The van der Waals surface area contributed by atoms with Crippen molar-refractivity contribution in [3.05, 3.63) is 23.7 Å². The summed E-state index contributed by atoms with van der Waals surface area (Å²) in [6.45, 7) is 9.14. The largest absolute Gasteiger partial charge is 0.464 e. The van der Waals surface area contributed by atoms with Crippen molar-refractivity contribution < 1.29 is 14.0 Å². The number of nitrogens with zero attached hydrogens (tertiary/aromatic N) is 1. The minimum Gasteiger partial charge on any atom is -0.464 e. The van der Waals surface area contributed by atoms with Gasteiger partial charge < -0.3 is 14.6 Å². The van der Waals surface area contributed by atoms with E-state index in [1.165, 1.54) is 0 Å². The Hall–Kier alpha value is -1.78. The highest BCUT2D eigenvalue weighted by molar-refractivity contribution is 5.89. The highest BCUT2D eigenvalue weighted by atomic mass is 16.3. The zero-order valence-electron chi connectivity index (χ0n) is 13.2. The molecule has 2 rings (SSSR count). The maximum atomic E-state index is 12.3. The molecule has 0 bridgehead atoms. The van der Waals surface area contributed by atoms with Crippen molar-refractivity contribution in [1.82, 2.24) is 10.2 Å². The molecule has 1 saturated heterocycles. The third-order valence-electron chi connectivity index (χ3n) is 3.72. The molecule has 2 atom stereocenters. The van der Waals surface area contributed by atoms with Crippen LogP contribution in [0.25, 0.3) is 0 Å². The fraction of sp³-hybridized carbons (Fsp3) is 0.625. The van der Waals surface area contributed by atoms with Crippen LogP contribution >= 0.6 is 0 Å². The number of aryl methyl sites for hydroxylation is 1. The van der Waals surface area contributed by atoms with E-state index in [0.29, 0.717) is 18.9 Å². The minimum atomic E-state index is -0.255. The van der Waals surface area contributed by atoms with E-state index in [-0.39, 0.29) is 23.8 Å². The van der Waals surface area contributed by atoms with Crippen molar-refractivity contribution in [1.29, 1.82) is 0 Å². The van der Waals surface area contributed by atoms with E-state index < -0.39 is 0 Å². The third-order valence-corrected chi connectivity index (χ3v) is 3.72. The standard InChI is InChI=1S/C16H24N2O3/c1-10(2)8-18-9-13(7-15(18)19)16(20)17-12(4)14-6-5-11(3)21-14/h5-6,10,12-13H,7-9H2,1-4H3,(H,17,20)/t12-,13+/m1/s1. The van der Waals surface area contributed by atoms with Crippen LogP contribution in [0.2, 0.25) is 0 Å². The van der Waals surface area contributed by atoms with E-state index in [2.05, 4.69) is 19.2 Å². The first-order valence-electron chi connectivity index (χ1n) is 7.51. The van der Waals surface area contributed by atoms with E-state index in [1.807, 2.05) is 26.0 Å². The predicted molar refractivity (Wildman–Crippen MR) is 79.5 cm³/mol. The molecule has 1 fully saturated rings. The lowest BCUT2D eigenvalue weighted by Crippen LogP contribution is -2.35. The summed E-state index contributed by atoms with van der Waals surface area (Å²) in [5.74, 6) is 1.73. The summed E-state index contributed by atoms with van der Waals surface area (Å²) in [6.07, 6.45) is 0.308. The van der Waals surface area contributed by atoms with Crippen molar-refractivity contribution >= 4 is 11.8 Å². The fourth-order valence-electron chi connectivity index (χ4n) is 2.65. The smallest absolute Gasteiger partial charge is 0.226 e. The highest BCUT2D eigenvalue weighted by Gasteiger charge is 2.35. The highest BCUT2D eigenvalue weighted by Crippen LogP contribution is 2.21. The van der Waals surface area contributed by atoms with Gasteiger partial charge in [0, 0.05) is 19.5 Å². The topological polar surface area (TPSA) is 62.6 Å². The van der Waals surface area contributed by atoms with E-state index in [0.717, 1.165) is 18.1 Å². The van der Waals surface area contributed by atoms with Gasteiger partial charge in [0.2, 0.25) is 11.8 Å². The SMILES string of the molecule is Cc1ccc([C@@H](C)NC(=O)[C@H]2CC(=O)N(CC(C)C)C2)o1. The Kier molecular flexibility index (Phi) is 4.70. The maximum Gasteiger partial charge on any atom is 0.226 e. The number of furan rings is 1. The average Bonchev–Trinajstić information content (AvgIpc) is 2.96. The Morgan fingerprint density at radius 3 is 2.71 bits per heavy atom. The van der Waals surface area contributed by atoms with Crippen molar-refractivity contribution in [3.63, 3.8) is 0 Å². The van der Waals surface area contributed by atoms with Gasteiger partial charge in [-0.1, -0.05) is 13.8 Å². The van der Waals surface area contributed by atoms with Gasteiger partial charge in [0.15, 0.2) is 0 Å². The number of hydrogen-bond donors (Lipinski definition) is 1. The molecule has 21 heavy (non-hydrogen) atoms. The third kappa shape index (κ3) is 3.86. The molecular formula is C16H24N2O3. The van der Waals surface area contributed by atoms with Gasteiger partial charge in [-0.2, -0.15) is 0 Å². The Labute approximate surface area is 125 Å². The predicted octanol–water partition coefficient (Wildman–Crippen LogP) is 2.27. The van der Waals surface area contributed by atoms with Gasteiger partial charge in [0.1, 0.15) is 11.5 Å². The van der Waals surface area contributed by atoms with Gasteiger partial charge in [-0.15, -0.1) is 0 Å². The van der Waals surface area contributed by atoms with Gasteiger partial charge in [-0.3, -0.25) is 9.59 Å². The fourth-order valence-corrected chi connectivity index (χ4v) is 2.65. The first-order chi connectivity index (χ1) is 9.86. The van der Waals surface area contributed by atoms with Crippen LogP contribution in [-0.4, -0.2) is 29.8 Å². The van der Waals surface area contributed by atoms with Crippen molar-refractivity contribution in [2.45, 2.75) is 40.2 Å². The molecular weight excluding hydrogens is 268 g/mol. The first-order valence-corrected chi connectivity index (χ1v) is 7.51. The van der Waals surface area contributed by atoms with Crippen LogP contribution in [0, 0.1) is 18.8 Å². The molecule has 0 saturated carbocycles. The second kappa shape index (κ2) is 6.33. The van der Waals surface area contributed by atoms with Gasteiger partial charge in [-0.05, 0) is 31.9 Å². The molecule has 5 heteroatoms. The minimum absolute atomic E-state index is 0.0730. The van der Waals surface area contributed by atoms with Crippen molar-refractivity contribution in [2.75, 3.05) is 13.1 Å². The Bertz CT molecular complexity index is 521. The molecule has 0 aromatic carbocycles. The number of carbonyl (C=O) groups excluding carboxylic acids is 2. The van der Waals surface area contributed by atoms with Crippen LogP contribution in [-0.2, 0) is 9.59 Å². The molecule has 116 valence electrons. The van der Waals surface area contributed by atoms with Crippen LogP contribution in [0.3, 0.4) is 0 Å². The zero-order valence-corrected chi connectivity index (χ0v) is 13.2. The molecule has 1 aliphatic heterocycles. The summed E-state index contributed by atoms with van der Waals surface area (Å²) in [5, 5.41) is 2.93. The number of hydrogen-bond acceptors (Lipinski definition) is 3. The molecule has 0 radical (unpaired) electrons. The summed E-state index contributed by atoms with van der Waals surface area (Å²) in [6, 6.07) is 3.56. The molecule has 1 aromatic rings. The summed E-state index contributed by atoms with van der Waals surface area (Å²) in [7, 11) is 0. The Morgan fingerprint density at radius 2 is 2.14 bits per heavy atom. The van der Waals surface area contributed by atoms with Gasteiger partial charge in [0.25, 0.3) is 0 Å². The number of nitrogens with one attached hydrogen (secondary N) is 1. The lowest BCUT2D eigenvalue weighted by molar-refractivity contribution is -0.129. The molecule has 1 aliphatic rings. The maximum absolute atomic E-state index is 12.3. The Balaban J connectivity index is 1.91. The normalized spacial score (nSPS) is 20.1. The lowest BCUT2D eigenvalue weighted by Gasteiger charge is -2.19. The van der Waals surface area contributed by atoms with E-state index in [4.69, 9.17) is 4.42 Å². The molecule has 0 unspecified atom stereocenters. The van der Waals surface area contributed by atoms with Crippen LogP contribution in [0.1, 0.15) is 44.8 Å². The van der Waals surface area contributed by atoms with Crippen LogP contribution < -0.4 is 5.32 Å². The zero-order chi connectivity index (χ0) is 15.6. The average molecular weight is 292 g/mol. The van der Waals surface area contributed by atoms with Crippen molar-refractivity contribution in [3.8, 4) is 0 Å². The van der Waals surface area contributed by atoms with E-state index in [9.17, 15) is 9.59 Å². The Morgan fingerprint density at radius 1 is 1.43 bits per heavy atom. The van der Waals surface area contributed by atoms with Crippen LogP contribution in [0.15, 0.2) is 16.5 Å². The monoisotopic (exact) mass is 292 g/mol. The molecule has 1 aromatic heterocycles. The molecule has 1 N–H and O–H groups in total. The van der Waals surface area contributed by atoms with Gasteiger partial charge in [0.05, 0.1) is 12.0 Å². The van der Waals surface area contributed by atoms with Crippen LogP contribution in [0.5, 0.6) is 0 Å². The summed E-state index contributed by atoms with van der Waals surface area (Å²) in [4.78, 5) is 26.0. The number of likely N-dealkylation sites (tertiary alicyclic amines) is 1. The van der Waals surface area contributed by atoms with Gasteiger partial charge in [-0.25, -0.2) is 0 Å². The quantitative estimate of drug-likeness (QED) is 0.905. The molecule has 2 amide bonds. The molecule has 0 spiro atoms.